The highest BCUT2D eigenvalue weighted by atomic mass is 16.6. The van der Waals surface area contributed by atoms with Gasteiger partial charge in [-0.15, -0.1) is 6.42 Å². The Balaban J connectivity index is 1.86. The first-order chi connectivity index (χ1) is 12.2. The van der Waals surface area contributed by atoms with Gasteiger partial charge in [0.05, 0.1) is 0 Å². The number of aliphatic hydroxyl groups excluding tert-OH is 1. The number of carboxylic acids is 1. The van der Waals surface area contributed by atoms with Crippen molar-refractivity contribution >= 4 is 11.9 Å². The number of esters is 1. The van der Waals surface area contributed by atoms with Crippen molar-refractivity contribution in [3.8, 4) is 12.3 Å². The van der Waals surface area contributed by atoms with Crippen LogP contribution >= 0.6 is 0 Å². The smallest absolute Gasteiger partial charge is 0.336 e. The van der Waals surface area contributed by atoms with E-state index in [2.05, 4.69) is 19.8 Å². The average Bonchev–Trinajstić information content (AvgIpc) is 2.90. The summed E-state index contributed by atoms with van der Waals surface area (Å²) in [6, 6.07) is 0. The molecule has 5 nitrogen and oxygen atoms in total. The van der Waals surface area contributed by atoms with Crippen LogP contribution in [0.2, 0.25) is 0 Å². The molecule has 2 fully saturated rings. The van der Waals surface area contributed by atoms with Crippen LogP contribution < -0.4 is 0 Å². The van der Waals surface area contributed by atoms with Crippen molar-refractivity contribution in [1.82, 2.24) is 0 Å². The number of ether oxygens (including phenoxy) is 1. The highest BCUT2D eigenvalue weighted by Crippen LogP contribution is 2.62. The summed E-state index contributed by atoms with van der Waals surface area (Å²) in [6.07, 6.45) is 11.5. The third kappa shape index (κ3) is 2.85. The molecule has 0 aromatic rings. The minimum absolute atomic E-state index is 0.0393. The number of hydrogen-bond donors (Lipinski definition) is 2. The lowest BCUT2D eigenvalue weighted by Crippen LogP contribution is -2.55. The summed E-state index contributed by atoms with van der Waals surface area (Å²) in [6.45, 7) is 4.41. The van der Waals surface area contributed by atoms with Crippen LogP contribution in [0.3, 0.4) is 0 Å². The molecule has 2 saturated carbocycles. The Labute approximate surface area is 154 Å². The standard InChI is InChI=1S/C21H28O5/c1-4-21(19(24)25)11-5-10-20(3)15(13(2)6-9-16(20)21)8-7-14-12-17(22)26-18(14)23/h1,12-13,15-17,22H,5-11H2,2-3H3,(H,24,25)/t13?,15-,16?,17?,20+,21-/m0/s1. The first-order valence-electron chi connectivity index (χ1n) is 9.55. The van der Waals surface area contributed by atoms with Gasteiger partial charge in [0.1, 0.15) is 5.41 Å². The van der Waals surface area contributed by atoms with E-state index in [1.807, 2.05) is 0 Å². The molecular formula is C21H28O5. The molecule has 142 valence electrons. The van der Waals surface area contributed by atoms with E-state index in [0.29, 0.717) is 30.3 Å². The van der Waals surface area contributed by atoms with E-state index in [9.17, 15) is 19.8 Å². The van der Waals surface area contributed by atoms with Gasteiger partial charge in [0.15, 0.2) is 0 Å². The van der Waals surface area contributed by atoms with Gasteiger partial charge in [0, 0.05) is 5.57 Å². The normalized spacial score (nSPS) is 42.4. The minimum Gasteiger partial charge on any atom is -0.480 e. The number of carboxylic acid groups (broad SMARTS) is 1. The number of hydrogen-bond acceptors (Lipinski definition) is 4. The summed E-state index contributed by atoms with van der Waals surface area (Å²) in [5.74, 6) is 2.05. The summed E-state index contributed by atoms with van der Waals surface area (Å²) >= 11 is 0. The van der Waals surface area contributed by atoms with Crippen molar-refractivity contribution in [2.45, 2.75) is 65.1 Å². The average molecular weight is 360 g/mol. The number of aliphatic carboxylic acids is 1. The van der Waals surface area contributed by atoms with Gasteiger partial charge in [-0.25, -0.2) is 4.79 Å². The fourth-order valence-corrected chi connectivity index (χ4v) is 6.02. The second-order valence-corrected chi connectivity index (χ2v) is 8.52. The zero-order valence-corrected chi connectivity index (χ0v) is 15.5. The van der Waals surface area contributed by atoms with E-state index < -0.39 is 23.6 Å². The number of carbonyl (C=O) groups excluding carboxylic acids is 1. The van der Waals surface area contributed by atoms with E-state index in [1.54, 1.807) is 0 Å². The molecule has 2 aliphatic carbocycles. The Morgan fingerprint density at radius 1 is 1.42 bits per heavy atom. The third-order valence-electron chi connectivity index (χ3n) is 7.32. The molecule has 0 radical (unpaired) electrons. The molecule has 3 unspecified atom stereocenters. The van der Waals surface area contributed by atoms with Gasteiger partial charge < -0.3 is 14.9 Å². The zero-order valence-electron chi connectivity index (χ0n) is 15.5. The van der Waals surface area contributed by atoms with Gasteiger partial charge in [0.25, 0.3) is 0 Å². The first-order valence-corrected chi connectivity index (χ1v) is 9.55. The number of rotatable bonds is 4. The molecule has 0 aromatic heterocycles. The van der Waals surface area contributed by atoms with Crippen LogP contribution in [-0.4, -0.2) is 28.4 Å². The Morgan fingerprint density at radius 2 is 2.15 bits per heavy atom. The van der Waals surface area contributed by atoms with Crippen LogP contribution in [0.25, 0.3) is 0 Å². The summed E-state index contributed by atoms with van der Waals surface area (Å²) in [5, 5.41) is 19.4. The Kier molecular flexibility index (Phi) is 4.92. The third-order valence-corrected chi connectivity index (χ3v) is 7.32. The second-order valence-electron chi connectivity index (χ2n) is 8.52. The molecule has 26 heavy (non-hydrogen) atoms. The van der Waals surface area contributed by atoms with E-state index in [-0.39, 0.29) is 11.3 Å². The first kappa shape index (κ1) is 19.0. The SMILES string of the molecule is C#C[C@]1(C(=O)O)CCC[C@@]2(C)C1CCC(C)[C@@H]2CCC1=CC(O)OC1=O. The molecule has 1 heterocycles. The molecule has 0 bridgehead atoms. The number of carbonyl (C=O) groups is 2. The minimum atomic E-state index is -1.14. The molecule has 0 aromatic carbocycles. The van der Waals surface area contributed by atoms with Gasteiger partial charge in [0.2, 0.25) is 6.29 Å². The van der Waals surface area contributed by atoms with Crippen molar-refractivity contribution in [3.63, 3.8) is 0 Å². The fraction of sp³-hybridized carbons (Fsp3) is 0.714. The van der Waals surface area contributed by atoms with Crippen molar-refractivity contribution in [2.75, 3.05) is 0 Å². The molecule has 0 amide bonds. The van der Waals surface area contributed by atoms with E-state index in [1.165, 1.54) is 6.08 Å². The lowest BCUT2D eigenvalue weighted by molar-refractivity contribution is -0.163. The van der Waals surface area contributed by atoms with Crippen LogP contribution in [0.1, 0.15) is 58.8 Å². The summed E-state index contributed by atoms with van der Waals surface area (Å²) in [5.41, 5.74) is -0.706. The van der Waals surface area contributed by atoms with E-state index in [4.69, 9.17) is 11.2 Å². The predicted molar refractivity (Wildman–Crippen MR) is 95.7 cm³/mol. The lowest BCUT2D eigenvalue weighted by atomic mass is 9.45. The number of fused-ring (bicyclic) bond motifs is 1. The fourth-order valence-electron chi connectivity index (χ4n) is 6.02. The van der Waals surface area contributed by atoms with Crippen LogP contribution in [0.5, 0.6) is 0 Å². The van der Waals surface area contributed by atoms with Crippen molar-refractivity contribution in [2.24, 2.45) is 28.6 Å². The topological polar surface area (TPSA) is 83.8 Å². The highest BCUT2D eigenvalue weighted by Gasteiger charge is 2.59. The Bertz CT molecular complexity index is 674. The van der Waals surface area contributed by atoms with Crippen molar-refractivity contribution in [1.29, 1.82) is 0 Å². The number of cyclic esters (lactones) is 1. The quantitative estimate of drug-likeness (QED) is 0.594. The molecule has 3 aliphatic rings. The number of terminal acetylenes is 1. The Morgan fingerprint density at radius 3 is 2.73 bits per heavy atom. The summed E-state index contributed by atoms with van der Waals surface area (Å²) in [4.78, 5) is 23.9. The van der Waals surface area contributed by atoms with Crippen LogP contribution in [0.15, 0.2) is 11.6 Å². The van der Waals surface area contributed by atoms with E-state index >= 15 is 0 Å². The van der Waals surface area contributed by atoms with Gasteiger partial charge in [-0.1, -0.05) is 32.6 Å². The second kappa shape index (κ2) is 6.74. The lowest BCUT2D eigenvalue weighted by Gasteiger charge is -2.58. The van der Waals surface area contributed by atoms with E-state index in [0.717, 1.165) is 32.1 Å². The van der Waals surface area contributed by atoms with Crippen LogP contribution in [-0.2, 0) is 14.3 Å². The molecule has 5 heteroatoms. The van der Waals surface area contributed by atoms with Crippen LogP contribution in [0.4, 0.5) is 0 Å². The molecule has 0 spiro atoms. The largest absolute Gasteiger partial charge is 0.480 e. The van der Waals surface area contributed by atoms with Gasteiger partial charge in [-0.3, -0.25) is 4.79 Å². The van der Waals surface area contributed by atoms with Gasteiger partial charge >= 0.3 is 11.9 Å². The zero-order chi connectivity index (χ0) is 19.1. The monoisotopic (exact) mass is 360 g/mol. The summed E-state index contributed by atoms with van der Waals surface area (Å²) in [7, 11) is 0. The molecule has 6 atom stereocenters. The molecular weight excluding hydrogens is 332 g/mol. The maximum atomic E-state index is 12.1. The maximum Gasteiger partial charge on any atom is 0.336 e. The molecule has 3 rings (SSSR count). The maximum absolute atomic E-state index is 12.1. The molecule has 2 N–H and O–H groups in total. The summed E-state index contributed by atoms with van der Waals surface area (Å²) < 4.78 is 4.77. The molecule has 1 aliphatic heterocycles. The van der Waals surface area contributed by atoms with Crippen LogP contribution in [0, 0.1) is 40.9 Å². The van der Waals surface area contributed by atoms with Crippen molar-refractivity contribution < 1.29 is 24.5 Å². The highest BCUT2D eigenvalue weighted by molar-refractivity contribution is 5.90. The van der Waals surface area contributed by atoms with Gasteiger partial charge in [-0.05, 0) is 61.3 Å². The Hall–Kier alpha value is -1.80. The molecule has 0 saturated heterocycles. The van der Waals surface area contributed by atoms with Crippen molar-refractivity contribution in [3.05, 3.63) is 11.6 Å². The van der Waals surface area contributed by atoms with Gasteiger partial charge in [-0.2, -0.15) is 0 Å². The number of aliphatic hydroxyl groups is 1. The predicted octanol–water partition coefficient (Wildman–Crippen LogP) is 3.12.